The average molecular weight is 415 g/mol. The second kappa shape index (κ2) is 7.12. The van der Waals surface area contributed by atoms with Crippen LogP contribution in [0.15, 0.2) is 18.2 Å². The standard InChI is InChI=1S/C21H26ClF3N2O/c1-2-18(20-9-12-5-13(10-20)7-14(6-12)11-20)27-19(28)26-17-8-15(21(23,24)25)3-4-16(17)22/h3-4,8,12-14,18H,2,5-7,9-11H2,1H3,(H2,26,27,28)/t12?,13?,14?,18-,20?/m1/s1. The lowest BCUT2D eigenvalue weighted by Gasteiger charge is -2.59. The topological polar surface area (TPSA) is 41.1 Å². The van der Waals surface area contributed by atoms with E-state index in [1.165, 1.54) is 19.3 Å². The van der Waals surface area contributed by atoms with E-state index in [9.17, 15) is 18.0 Å². The number of hydrogen-bond acceptors (Lipinski definition) is 1. The first-order valence-electron chi connectivity index (χ1n) is 10.1. The summed E-state index contributed by atoms with van der Waals surface area (Å²) < 4.78 is 38.9. The van der Waals surface area contributed by atoms with Gasteiger partial charge in [0, 0.05) is 6.04 Å². The molecule has 0 radical (unpaired) electrons. The highest BCUT2D eigenvalue weighted by atomic mass is 35.5. The average Bonchev–Trinajstić information content (AvgIpc) is 2.59. The van der Waals surface area contributed by atoms with Crippen LogP contribution < -0.4 is 10.6 Å². The van der Waals surface area contributed by atoms with Gasteiger partial charge in [0.15, 0.2) is 0 Å². The highest BCUT2D eigenvalue weighted by molar-refractivity contribution is 6.33. The quantitative estimate of drug-likeness (QED) is 0.582. The summed E-state index contributed by atoms with van der Waals surface area (Å²) in [6.45, 7) is 2.07. The van der Waals surface area contributed by atoms with Crippen LogP contribution in [0.3, 0.4) is 0 Å². The number of carbonyl (C=O) groups excluding carboxylic acids is 1. The van der Waals surface area contributed by atoms with Crippen LogP contribution in [0.1, 0.15) is 57.4 Å². The summed E-state index contributed by atoms with van der Waals surface area (Å²) in [5.41, 5.74) is -0.715. The maximum absolute atomic E-state index is 13.0. The Kier molecular flexibility index (Phi) is 5.05. The molecule has 2 amide bonds. The Morgan fingerprint density at radius 1 is 1.18 bits per heavy atom. The number of halogens is 4. The van der Waals surface area contributed by atoms with E-state index >= 15 is 0 Å². The number of hydrogen-bond donors (Lipinski definition) is 2. The molecule has 0 saturated heterocycles. The molecule has 4 aliphatic rings. The van der Waals surface area contributed by atoms with Gasteiger partial charge in [-0.25, -0.2) is 4.79 Å². The van der Waals surface area contributed by atoms with E-state index in [-0.39, 0.29) is 22.2 Å². The van der Waals surface area contributed by atoms with Gasteiger partial charge < -0.3 is 10.6 Å². The van der Waals surface area contributed by atoms with E-state index in [1.54, 1.807) is 0 Å². The number of rotatable bonds is 4. The second-order valence-electron chi connectivity index (χ2n) is 9.03. The molecule has 1 atom stereocenters. The third-order valence-corrected chi connectivity index (χ3v) is 7.41. The molecule has 0 aliphatic heterocycles. The molecule has 2 N–H and O–H groups in total. The Balaban J connectivity index is 1.47. The fourth-order valence-electron chi connectivity index (χ4n) is 6.41. The van der Waals surface area contributed by atoms with Crippen molar-refractivity contribution < 1.29 is 18.0 Å². The SMILES string of the molecule is CC[C@@H](NC(=O)Nc1cc(C(F)(F)F)ccc1Cl)C12CC3CC(CC(C3)C1)C2. The van der Waals surface area contributed by atoms with Crippen molar-refractivity contribution in [1.82, 2.24) is 5.32 Å². The fourth-order valence-corrected chi connectivity index (χ4v) is 6.57. The molecule has 3 nitrogen and oxygen atoms in total. The molecule has 0 heterocycles. The van der Waals surface area contributed by atoms with Gasteiger partial charge in [-0.05, 0) is 86.3 Å². The zero-order valence-corrected chi connectivity index (χ0v) is 16.7. The maximum atomic E-state index is 13.0. The molecular weight excluding hydrogens is 389 g/mol. The van der Waals surface area contributed by atoms with Gasteiger partial charge in [0.05, 0.1) is 16.3 Å². The molecular formula is C21H26ClF3N2O. The van der Waals surface area contributed by atoms with Crippen LogP contribution in [0, 0.1) is 23.2 Å². The zero-order chi connectivity index (χ0) is 20.1. The highest BCUT2D eigenvalue weighted by Gasteiger charge is 2.54. The highest BCUT2D eigenvalue weighted by Crippen LogP contribution is 2.61. The van der Waals surface area contributed by atoms with Crippen LogP contribution in [0.2, 0.25) is 5.02 Å². The summed E-state index contributed by atoms with van der Waals surface area (Å²) in [6, 6.07) is 2.51. The van der Waals surface area contributed by atoms with Crippen molar-refractivity contribution in [1.29, 1.82) is 0 Å². The first-order chi connectivity index (χ1) is 13.2. The lowest BCUT2D eigenvalue weighted by Crippen LogP contribution is -2.57. The van der Waals surface area contributed by atoms with Crippen LogP contribution in [0.25, 0.3) is 0 Å². The molecule has 4 aliphatic carbocycles. The lowest BCUT2D eigenvalue weighted by molar-refractivity contribution is -0.137. The third kappa shape index (κ3) is 3.72. The molecule has 0 spiro atoms. The summed E-state index contributed by atoms with van der Waals surface area (Å²) in [5, 5.41) is 5.69. The molecule has 7 heteroatoms. The predicted molar refractivity (Wildman–Crippen MR) is 103 cm³/mol. The largest absolute Gasteiger partial charge is 0.416 e. The Bertz CT molecular complexity index is 729. The Morgan fingerprint density at radius 3 is 2.25 bits per heavy atom. The Labute approximate surface area is 168 Å². The van der Waals surface area contributed by atoms with Crippen molar-refractivity contribution in [3.05, 3.63) is 28.8 Å². The van der Waals surface area contributed by atoms with Gasteiger partial charge in [-0.2, -0.15) is 13.2 Å². The van der Waals surface area contributed by atoms with Gasteiger partial charge in [0.2, 0.25) is 0 Å². The minimum Gasteiger partial charge on any atom is -0.335 e. The molecule has 4 saturated carbocycles. The van der Waals surface area contributed by atoms with Gasteiger partial charge in [-0.15, -0.1) is 0 Å². The molecule has 1 aromatic carbocycles. The number of nitrogens with one attached hydrogen (secondary N) is 2. The summed E-state index contributed by atoms with van der Waals surface area (Å²) in [6.07, 6.45) is 3.76. The number of benzene rings is 1. The van der Waals surface area contributed by atoms with Gasteiger partial charge >= 0.3 is 12.2 Å². The zero-order valence-electron chi connectivity index (χ0n) is 15.9. The van der Waals surface area contributed by atoms with Crippen LogP contribution in [0.5, 0.6) is 0 Å². The third-order valence-electron chi connectivity index (χ3n) is 7.08. The smallest absolute Gasteiger partial charge is 0.335 e. The molecule has 154 valence electrons. The number of carbonyl (C=O) groups is 1. The molecule has 5 rings (SSSR count). The summed E-state index contributed by atoms with van der Waals surface area (Å²) in [5.74, 6) is 2.30. The number of urea groups is 1. The van der Waals surface area contributed by atoms with Crippen LogP contribution in [-0.2, 0) is 6.18 Å². The van der Waals surface area contributed by atoms with E-state index < -0.39 is 17.8 Å². The van der Waals surface area contributed by atoms with Crippen molar-refractivity contribution in [3.8, 4) is 0 Å². The van der Waals surface area contributed by atoms with Gasteiger partial charge in [-0.1, -0.05) is 18.5 Å². The Morgan fingerprint density at radius 2 is 1.75 bits per heavy atom. The summed E-state index contributed by atoms with van der Waals surface area (Å²) >= 11 is 6.01. The number of alkyl halides is 3. The maximum Gasteiger partial charge on any atom is 0.416 e. The fraction of sp³-hybridized carbons (Fsp3) is 0.667. The molecule has 0 aromatic heterocycles. The van der Waals surface area contributed by atoms with Crippen LogP contribution in [-0.4, -0.2) is 12.1 Å². The van der Waals surface area contributed by atoms with Crippen LogP contribution >= 0.6 is 11.6 Å². The molecule has 4 bridgehead atoms. The van der Waals surface area contributed by atoms with E-state index in [0.717, 1.165) is 61.6 Å². The number of anilines is 1. The van der Waals surface area contributed by atoms with E-state index in [1.807, 2.05) is 0 Å². The van der Waals surface area contributed by atoms with Crippen molar-refractivity contribution in [2.24, 2.45) is 23.2 Å². The minimum absolute atomic E-state index is 0.0191. The van der Waals surface area contributed by atoms with E-state index in [2.05, 4.69) is 17.6 Å². The molecule has 28 heavy (non-hydrogen) atoms. The van der Waals surface area contributed by atoms with Crippen molar-refractivity contribution >= 4 is 23.3 Å². The van der Waals surface area contributed by atoms with E-state index in [0.29, 0.717) is 0 Å². The summed E-state index contributed by atoms with van der Waals surface area (Å²) in [7, 11) is 0. The van der Waals surface area contributed by atoms with Gasteiger partial charge in [0.1, 0.15) is 0 Å². The van der Waals surface area contributed by atoms with E-state index in [4.69, 9.17) is 11.6 Å². The minimum atomic E-state index is -4.48. The monoisotopic (exact) mass is 414 g/mol. The predicted octanol–water partition coefficient (Wildman–Crippen LogP) is 6.48. The second-order valence-corrected chi connectivity index (χ2v) is 9.44. The molecule has 4 fully saturated rings. The van der Waals surface area contributed by atoms with Crippen LogP contribution in [0.4, 0.5) is 23.7 Å². The van der Waals surface area contributed by atoms with Gasteiger partial charge in [0.25, 0.3) is 0 Å². The Hall–Kier alpha value is -1.43. The first kappa shape index (κ1) is 19.9. The van der Waals surface area contributed by atoms with Crippen molar-refractivity contribution in [3.63, 3.8) is 0 Å². The van der Waals surface area contributed by atoms with Crippen molar-refractivity contribution in [2.75, 3.05) is 5.32 Å². The van der Waals surface area contributed by atoms with Crippen molar-refractivity contribution in [2.45, 2.75) is 64.1 Å². The summed E-state index contributed by atoms with van der Waals surface area (Å²) in [4.78, 5) is 12.6. The molecule has 0 unspecified atom stereocenters. The lowest BCUT2D eigenvalue weighted by atomic mass is 9.47. The van der Waals surface area contributed by atoms with Gasteiger partial charge in [-0.3, -0.25) is 0 Å². The first-order valence-corrected chi connectivity index (χ1v) is 10.5. The molecule has 1 aromatic rings. The normalized spacial score (nSPS) is 32.2. The number of amides is 2.